The van der Waals surface area contributed by atoms with Crippen molar-refractivity contribution in [1.29, 1.82) is 0 Å². The average Bonchev–Trinajstić information content (AvgIpc) is 3.01. The van der Waals surface area contributed by atoms with E-state index >= 15 is 0 Å². The molecule has 104 valence electrons. The molecular formula is C15H17N3O2. The highest BCUT2D eigenvalue weighted by molar-refractivity contribution is 5.62. The third kappa shape index (κ3) is 2.95. The van der Waals surface area contributed by atoms with Crippen LogP contribution in [0.5, 0.6) is 5.75 Å². The van der Waals surface area contributed by atoms with E-state index < -0.39 is 0 Å². The highest BCUT2D eigenvalue weighted by Crippen LogP contribution is 2.23. The maximum absolute atomic E-state index is 5.83. The molecule has 5 heteroatoms. The molecule has 2 N–H and O–H groups in total. The topological polar surface area (TPSA) is 70.3 Å². The lowest BCUT2D eigenvalue weighted by molar-refractivity contribution is 0.141. The molecule has 1 atom stereocenters. The third-order valence-electron chi connectivity index (χ3n) is 3.27. The summed E-state index contributed by atoms with van der Waals surface area (Å²) in [4.78, 5) is 8.39. The predicted octanol–water partition coefficient (Wildman–Crippen LogP) is 1.77. The fourth-order valence-corrected chi connectivity index (χ4v) is 2.13. The number of nitrogens with two attached hydrogens (primary N) is 1. The second kappa shape index (κ2) is 5.98. The number of aromatic nitrogens is 2. The Labute approximate surface area is 117 Å². The van der Waals surface area contributed by atoms with Gasteiger partial charge in [0, 0.05) is 24.4 Å². The summed E-state index contributed by atoms with van der Waals surface area (Å²) in [5.41, 5.74) is 7.51. The molecule has 1 aromatic heterocycles. The van der Waals surface area contributed by atoms with Gasteiger partial charge < -0.3 is 15.2 Å². The van der Waals surface area contributed by atoms with E-state index in [1.807, 2.05) is 24.3 Å². The Morgan fingerprint density at radius 3 is 2.50 bits per heavy atom. The lowest BCUT2D eigenvalue weighted by atomic mass is 10.1. The summed E-state index contributed by atoms with van der Waals surface area (Å²) in [7, 11) is 0. The van der Waals surface area contributed by atoms with Crippen LogP contribution in [0, 0.1) is 0 Å². The largest absolute Gasteiger partial charge is 0.488 e. The van der Waals surface area contributed by atoms with Gasteiger partial charge in [-0.15, -0.1) is 0 Å². The van der Waals surface area contributed by atoms with Gasteiger partial charge in [0.05, 0.1) is 19.8 Å². The first kappa shape index (κ1) is 13.0. The van der Waals surface area contributed by atoms with Gasteiger partial charge in [-0.05, 0) is 17.7 Å². The summed E-state index contributed by atoms with van der Waals surface area (Å²) in [6, 6.07) is 7.94. The van der Waals surface area contributed by atoms with Gasteiger partial charge in [0.2, 0.25) is 0 Å². The Kier molecular flexibility index (Phi) is 3.90. The van der Waals surface area contributed by atoms with E-state index in [1.165, 1.54) is 0 Å². The number of rotatable bonds is 4. The molecule has 1 aromatic carbocycles. The minimum absolute atomic E-state index is 0.174. The van der Waals surface area contributed by atoms with Gasteiger partial charge in [-0.1, -0.05) is 12.1 Å². The minimum atomic E-state index is 0.174. The quantitative estimate of drug-likeness (QED) is 0.917. The molecule has 1 aliphatic heterocycles. The maximum Gasteiger partial charge on any atom is 0.141 e. The second-order valence-corrected chi connectivity index (χ2v) is 4.72. The SMILES string of the molecule is NCc1ncc(-c2ccc(O[C@H]3CCOC3)cc2)cn1. The first-order valence-electron chi connectivity index (χ1n) is 6.71. The molecule has 0 saturated carbocycles. The van der Waals surface area contributed by atoms with Crippen molar-refractivity contribution in [2.24, 2.45) is 5.73 Å². The van der Waals surface area contributed by atoms with Crippen LogP contribution >= 0.6 is 0 Å². The van der Waals surface area contributed by atoms with Crippen LogP contribution in [0.3, 0.4) is 0 Å². The summed E-state index contributed by atoms with van der Waals surface area (Å²) in [5.74, 6) is 1.51. The number of benzene rings is 1. The van der Waals surface area contributed by atoms with E-state index in [0.29, 0.717) is 19.0 Å². The fraction of sp³-hybridized carbons (Fsp3) is 0.333. The molecular weight excluding hydrogens is 254 g/mol. The van der Waals surface area contributed by atoms with E-state index in [1.54, 1.807) is 12.4 Å². The Morgan fingerprint density at radius 2 is 1.90 bits per heavy atom. The van der Waals surface area contributed by atoms with Crippen LogP contribution in [0.4, 0.5) is 0 Å². The number of nitrogens with zero attached hydrogens (tertiary/aromatic N) is 2. The zero-order valence-electron chi connectivity index (χ0n) is 11.2. The van der Waals surface area contributed by atoms with Gasteiger partial charge in [-0.3, -0.25) is 0 Å². The van der Waals surface area contributed by atoms with Crippen molar-refractivity contribution in [2.45, 2.75) is 19.1 Å². The zero-order chi connectivity index (χ0) is 13.8. The van der Waals surface area contributed by atoms with Gasteiger partial charge in [-0.2, -0.15) is 0 Å². The molecule has 0 radical (unpaired) electrons. The summed E-state index contributed by atoms with van der Waals surface area (Å²) in [6.45, 7) is 1.82. The van der Waals surface area contributed by atoms with Crippen LogP contribution in [0.15, 0.2) is 36.7 Å². The van der Waals surface area contributed by atoms with Gasteiger partial charge in [0.15, 0.2) is 0 Å². The first-order chi connectivity index (χ1) is 9.85. The van der Waals surface area contributed by atoms with Gasteiger partial charge in [-0.25, -0.2) is 9.97 Å². The Hall–Kier alpha value is -1.98. The van der Waals surface area contributed by atoms with E-state index in [2.05, 4.69) is 9.97 Å². The summed E-state index contributed by atoms with van der Waals surface area (Å²) in [6.07, 6.45) is 4.70. The molecule has 3 rings (SSSR count). The molecule has 0 amide bonds. The summed E-state index contributed by atoms with van der Waals surface area (Å²) < 4.78 is 11.1. The molecule has 0 unspecified atom stereocenters. The van der Waals surface area contributed by atoms with Crippen LogP contribution in [-0.4, -0.2) is 29.3 Å². The second-order valence-electron chi connectivity index (χ2n) is 4.72. The van der Waals surface area contributed by atoms with E-state index in [4.69, 9.17) is 15.2 Å². The third-order valence-corrected chi connectivity index (χ3v) is 3.27. The standard InChI is InChI=1S/C15H17N3O2/c16-7-15-17-8-12(9-18-15)11-1-3-13(4-2-11)20-14-5-6-19-10-14/h1-4,8-9,14H,5-7,10,16H2/t14-/m0/s1. The van der Waals surface area contributed by atoms with E-state index in [9.17, 15) is 0 Å². The van der Waals surface area contributed by atoms with Crippen molar-refractivity contribution in [2.75, 3.05) is 13.2 Å². The van der Waals surface area contributed by atoms with E-state index in [-0.39, 0.29) is 6.10 Å². The van der Waals surface area contributed by atoms with Crippen LogP contribution in [0.1, 0.15) is 12.2 Å². The lowest BCUT2D eigenvalue weighted by Crippen LogP contribution is -2.15. The molecule has 0 aliphatic carbocycles. The Balaban J connectivity index is 1.71. The molecule has 0 bridgehead atoms. The molecule has 1 saturated heterocycles. The lowest BCUT2D eigenvalue weighted by Gasteiger charge is -2.12. The van der Waals surface area contributed by atoms with Crippen LogP contribution in [0.25, 0.3) is 11.1 Å². The van der Waals surface area contributed by atoms with Crippen molar-refractivity contribution in [3.8, 4) is 16.9 Å². The smallest absolute Gasteiger partial charge is 0.141 e. The molecule has 5 nitrogen and oxygen atoms in total. The van der Waals surface area contributed by atoms with Crippen molar-refractivity contribution in [1.82, 2.24) is 9.97 Å². The maximum atomic E-state index is 5.83. The number of hydrogen-bond donors (Lipinski definition) is 1. The van der Waals surface area contributed by atoms with Crippen molar-refractivity contribution >= 4 is 0 Å². The van der Waals surface area contributed by atoms with Crippen molar-refractivity contribution in [3.05, 3.63) is 42.5 Å². The molecule has 1 aliphatic rings. The molecule has 2 heterocycles. The normalized spacial score (nSPS) is 18.1. The monoisotopic (exact) mass is 271 g/mol. The van der Waals surface area contributed by atoms with Crippen LogP contribution in [-0.2, 0) is 11.3 Å². The number of hydrogen-bond acceptors (Lipinski definition) is 5. The molecule has 1 fully saturated rings. The highest BCUT2D eigenvalue weighted by Gasteiger charge is 2.16. The highest BCUT2D eigenvalue weighted by atomic mass is 16.5. The first-order valence-corrected chi connectivity index (χ1v) is 6.71. The average molecular weight is 271 g/mol. The van der Waals surface area contributed by atoms with E-state index in [0.717, 1.165) is 29.9 Å². The van der Waals surface area contributed by atoms with Crippen LogP contribution in [0.2, 0.25) is 0 Å². The summed E-state index contributed by atoms with van der Waals surface area (Å²) in [5, 5.41) is 0. The van der Waals surface area contributed by atoms with Gasteiger partial charge in [0.25, 0.3) is 0 Å². The van der Waals surface area contributed by atoms with Gasteiger partial charge in [0.1, 0.15) is 17.7 Å². The summed E-state index contributed by atoms with van der Waals surface area (Å²) >= 11 is 0. The van der Waals surface area contributed by atoms with Crippen molar-refractivity contribution < 1.29 is 9.47 Å². The fourth-order valence-electron chi connectivity index (χ4n) is 2.13. The minimum Gasteiger partial charge on any atom is -0.488 e. The van der Waals surface area contributed by atoms with Crippen LogP contribution < -0.4 is 10.5 Å². The number of ether oxygens (including phenoxy) is 2. The Bertz CT molecular complexity index is 548. The van der Waals surface area contributed by atoms with Gasteiger partial charge >= 0.3 is 0 Å². The zero-order valence-corrected chi connectivity index (χ0v) is 11.2. The molecule has 2 aromatic rings. The van der Waals surface area contributed by atoms with Crippen molar-refractivity contribution in [3.63, 3.8) is 0 Å². The Morgan fingerprint density at radius 1 is 1.15 bits per heavy atom. The molecule has 0 spiro atoms. The predicted molar refractivity (Wildman–Crippen MR) is 75.2 cm³/mol. The molecule has 20 heavy (non-hydrogen) atoms.